The molecule has 0 unspecified atom stereocenters. The molecule has 29 heavy (non-hydrogen) atoms. The average molecular weight is 365 g/mol. The predicted octanol–water partition coefficient (Wildman–Crippen LogP) is 5.95. The number of hydrogen-bond donors (Lipinski definition) is 0. The van der Waals surface area contributed by atoms with Crippen molar-refractivity contribution in [2.24, 2.45) is 0 Å². The lowest BCUT2D eigenvalue weighted by Crippen LogP contribution is -2.30. The lowest BCUT2D eigenvalue weighted by Gasteiger charge is -2.15. The molecule has 6 aromatic rings. The van der Waals surface area contributed by atoms with E-state index < -0.39 is 0 Å². The molecule has 0 N–H and O–H groups in total. The molecular formula is C28H18B. The third kappa shape index (κ3) is 2.62. The van der Waals surface area contributed by atoms with E-state index in [4.69, 9.17) is 0 Å². The second-order valence-corrected chi connectivity index (χ2v) is 7.61. The smallest absolute Gasteiger partial charge is 0.0660 e. The first-order valence-electron chi connectivity index (χ1n) is 10.0. The van der Waals surface area contributed by atoms with Gasteiger partial charge in [0.2, 0.25) is 0 Å². The summed E-state index contributed by atoms with van der Waals surface area (Å²) in [5, 5.41) is 10.3. The van der Waals surface area contributed by atoms with Crippen LogP contribution in [0.25, 0.3) is 43.1 Å². The van der Waals surface area contributed by atoms with Gasteiger partial charge in [-0.15, -0.1) is 0 Å². The Balaban J connectivity index is 1.73. The Morgan fingerprint density at radius 2 is 0.621 bits per heavy atom. The van der Waals surface area contributed by atoms with E-state index in [2.05, 4.69) is 116 Å². The fraction of sp³-hybridized carbons (Fsp3) is 0. The minimum absolute atomic E-state index is 1.28. The molecule has 0 aliphatic heterocycles. The van der Waals surface area contributed by atoms with Crippen molar-refractivity contribution in [1.82, 2.24) is 0 Å². The largest absolute Gasteiger partial charge is 0.194 e. The quantitative estimate of drug-likeness (QED) is 0.263. The van der Waals surface area contributed by atoms with Gasteiger partial charge in [-0.1, -0.05) is 108 Å². The maximum atomic E-state index is 2.40. The molecule has 0 aliphatic carbocycles. The Kier molecular flexibility index (Phi) is 3.67. The van der Waals surface area contributed by atoms with Crippen LogP contribution >= 0.6 is 0 Å². The minimum atomic E-state index is 1.28. The van der Waals surface area contributed by atoms with Crippen molar-refractivity contribution in [2.45, 2.75) is 0 Å². The molecule has 0 bridgehead atoms. The second-order valence-electron chi connectivity index (χ2n) is 7.61. The molecular weight excluding hydrogens is 347 g/mol. The molecule has 0 aliphatic rings. The Morgan fingerprint density at radius 1 is 0.345 bits per heavy atom. The summed E-state index contributed by atoms with van der Waals surface area (Å²) < 4.78 is 0. The summed E-state index contributed by atoms with van der Waals surface area (Å²) >= 11 is 0. The minimum Gasteiger partial charge on any atom is -0.0660 e. The zero-order chi connectivity index (χ0) is 19.2. The summed E-state index contributed by atoms with van der Waals surface area (Å²) in [6.45, 7) is 0. The first-order valence-corrected chi connectivity index (χ1v) is 10.0. The highest BCUT2D eigenvalue weighted by molar-refractivity contribution is 6.76. The van der Waals surface area contributed by atoms with Gasteiger partial charge < -0.3 is 0 Å². The fourth-order valence-corrected chi connectivity index (χ4v) is 4.55. The van der Waals surface area contributed by atoms with Crippen LogP contribution in [-0.2, 0) is 0 Å². The third-order valence-corrected chi connectivity index (χ3v) is 5.91. The van der Waals surface area contributed by atoms with Gasteiger partial charge in [0.1, 0.15) is 0 Å². The summed E-state index contributed by atoms with van der Waals surface area (Å²) in [6, 6.07) is 39.4. The molecule has 133 valence electrons. The van der Waals surface area contributed by atoms with Crippen molar-refractivity contribution in [3.63, 3.8) is 0 Å². The van der Waals surface area contributed by atoms with E-state index in [1.165, 1.54) is 54.0 Å². The van der Waals surface area contributed by atoms with Crippen LogP contribution < -0.4 is 10.9 Å². The third-order valence-electron chi connectivity index (χ3n) is 5.91. The van der Waals surface area contributed by atoms with Gasteiger partial charge in [-0.3, -0.25) is 0 Å². The van der Waals surface area contributed by atoms with Gasteiger partial charge in [-0.05, 0) is 55.2 Å². The lowest BCUT2D eigenvalue weighted by atomic mass is 9.58. The van der Waals surface area contributed by atoms with Crippen LogP contribution in [0.2, 0.25) is 0 Å². The molecule has 0 heterocycles. The summed E-state index contributed by atoms with van der Waals surface area (Å²) in [5.74, 6) is 0. The van der Waals surface area contributed by atoms with Crippen LogP contribution in [0.15, 0.2) is 109 Å². The van der Waals surface area contributed by atoms with Crippen molar-refractivity contribution >= 4 is 61.3 Å². The lowest BCUT2D eigenvalue weighted by molar-refractivity contribution is 1.78. The van der Waals surface area contributed by atoms with Crippen molar-refractivity contribution in [2.75, 3.05) is 0 Å². The maximum absolute atomic E-state index is 2.40. The van der Waals surface area contributed by atoms with E-state index in [1.807, 2.05) is 0 Å². The molecule has 0 atom stereocenters. The summed E-state index contributed by atoms with van der Waals surface area (Å²) in [5.41, 5.74) is 2.58. The molecule has 0 nitrogen and oxygen atoms in total. The number of hydrogen-bond acceptors (Lipinski definition) is 0. The summed E-state index contributed by atoms with van der Waals surface area (Å²) in [6.07, 6.45) is 0. The predicted molar refractivity (Wildman–Crippen MR) is 128 cm³/mol. The van der Waals surface area contributed by atoms with Crippen molar-refractivity contribution in [1.29, 1.82) is 0 Å². The number of rotatable bonds is 2. The first kappa shape index (κ1) is 16.4. The topological polar surface area (TPSA) is 0 Å². The van der Waals surface area contributed by atoms with E-state index in [-0.39, 0.29) is 0 Å². The Morgan fingerprint density at radius 3 is 0.931 bits per heavy atom. The Hall–Kier alpha value is -3.58. The van der Waals surface area contributed by atoms with Gasteiger partial charge >= 0.3 is 0 Å². The van der Waals surface area contributed by atoms with Crippen LogP contribution in [0.4, 0.5) is 0 Å². The second kappa shape index (κ2) is 6.50. The monoisotopic (exact) mass is 365 g/mol. The fourth-order valence-electron chi connectivity index (χ4n) is 4.55. The van der Waals surface area contributed by atoms with Crippen molar-refractivity contribution < 1.29 is 0 Å². The highest BCUT2D eigenvalue weighted by Gasteiger charge is 2.14. The summed E-state index contributed by atoms with van der Waals surface area (Å²) in [4.78, 5) is 0. The van der Waals surface area contributed by atoms with E-state index in [0.717, 1.165) is 0 Å². The molecule has 0 saturated heterocycles. The highest BCUT2D eigenvalue weighted by Crippen LogP contribution is 2.23. The molecule has 1 radical (unpaired) electrons. The van der Waals surface area contributed by atoms with Crippen LogP contribution in [0.5, 0.6) is 0 Å². The van der Waals surface area contributed by atoms with Crippen LogP contribution in [0.1, 0.15) is 0 Å². The standard InChI is InChI=1S/C28H18B/c1-5-13-23-19(9-1)17-20-10-2-6-14-24(20)27(23)29-28-25-15-7-3-11-21(25)18-22-12-4-8-16-26(22)28/h1-18H. The van der Waals surface area contributed by atoms with E-state index >= 15 is 0 Å². The van der Waals surface area contributed by atoms with Gasteiger partial charge in [0.15, 0.2) is 7.28 Å². The number of fused-ring (bicyclic) bond motifs is 4. The van der Waals surface area contributed by atoms with E-state index in [1.54, 1.807) is 0 Å². The van der Waals surface area contributed by atoms with Crippen LogP contribution in [-0.4, -0.2) is 7.28 Å². The van der Waals surface area contributed by atoms with E-state index in [9.17, 15) is 0 Å². The maximum Gasteiger partial charge on any atom is 0.194 e. The van der Waals surface area contributed by atoms with Gasteiger partial charge in [0.25, 0.3) is 0 Å². The van der Waals surface area contributed by atoms with Gasteiger partial charge in [-0.2, -0.15) is 0 Å². The van der Waals surface area contributed by atoms with Crippen molar-refractivity contribution in [3.05, 3.63) is 109 Å². The molecule has 1 heteroatoms. The zero-order valence-electron chi connectivity index (χ0n) is 16.0. The normalized spacial score (nSPS) is 11.4. The highest BCUT2D eigenvalue weighted by atomic mass is 14.1. The Labute approximate surface area is 170 Å². The molecule has 0 aromatic heterocycles. The zero-order valence-corrected chi connectivity index (χ0v) is 16.0. The Bertz CT molecular complexity index is 1300. The molecule has 6 aromatic carbocycles. The van der Waals surface area contributed by atoms with E-state index in [0.29, 0.717) is 0 Å². The number of benzene rings is 6. The van der Waals surface area contributed by atoms with Gasteiger partial charge in [-0.25, -0.2) is 0 Å². The average Bonchev–Trinajstić information content (AvgIpc) is 2.78. The molecule has 6 rings (SSSR count). The van der Waals surface area contributed by atoms with Gasteiger partial charge in [0.05, 0.1) is 0 Å². The van der Waals surface area contributed by atoms with Gasteiger partial charge in [0, 0.05) is 0 Å². The van der Waals surface area contributed by atoms with Crippen LogP contribution in [0, 0.1) is 0 Å². The molecule has 0 saturated carbocycles. The van der Waals surface area contributed by atoms with Crippen molar-refractivity contribution in [3.8, 4) is 0 Å². The molecule has 0 spiro atoms. The first-order chi connectivity index (χ1) is 14.4. The molecule has 0 fully saturated rings. The summed E-state index contributed by atoms with van der Waals surface area (Å²) in [7, 11) is 2.40. The van der Waals surface area contributed by atoms with Crippen LogP contribution in [0.3, 0.4) is 0 Å². The SMILES string of the molecule is [B](c1c2ccccc2cc2ccccc12)c1c2ccccc2cc2ccccc12. The molecule has 0 amide bonds.